The van der Waals surface area contributed by atoms with Crippen molar-refractivity contribution in [1.82, 2.24) is 0 Å². The van der Waals surface area contributed by atoms with Crippen LogP contribution in [-0.4, -0.2) is 26.3 Å². The van der Waals surface area contributed by atoms with E-state index in [1.165, 1.54) is 27.4 Å². The average Bonchev–Trinajstić information content (AvgIpc) is 2.44. The predicted molar refractivity (Wildman–Crippen MR) is 70.3 cm³/mol. The van der Waals surface area contributed by atoms with Gasteiger partial charge in [-0.05, 0) is 6.07 Å². The highest BCUT2D eigenvalue weighted by Crippen LogP contribution is 2.44. The second-order valence-electron chi connectivity index (χ2n) is 3.77. The molecule has 19 heavy (non-hydrogen) atoms. The van der Waals surface area contributed by atoms with Crippen molar-refractivity contribution in [3.8, 4) is 17.2 Å². The Hall–Kier alpha value is -2.50. The summed E-state index contributed by atoms with van der Waals surface area (Å²) in [5.74, 6) is 1.07. The molecule has 0 aliphatic rings. The van der Waals surface area contributed by atoms with E-state index in [4.69, 9.17) is 14.2 Å². The van der Waals surface area contributed by atoms with E-state index in [0.29, 0.717) is 22.3 Å². The fourth-order valence-electron chi connectivity index (χ4n) is 2.05. The van der Waals surface area contributed by atoms with Gasteiger partial charge in [-0.15, -0.1) is 0 Å². The molecule has 0 atom stereocenters. The zero-order valence-electron chi connectivity index (χ0n) is 10.8. The molecule has 6 heteroatoms. The number of nitro benzene ring substituents is 1. The lowest BCUT2D eigenvalue weighted by Gasteiger charge is -2.13. The molecule has 0 unspecified atom stereocenters. The molecule has 6 nitrogen and oxygen atoms in total. The highest BCUT2D eigenvalue weighted by atomic mass is 16.6. The number of methoxy groups -OCH3 is 3. The fraction of sp³-hybridized carbons (Fsp3) is 0.231. The van der Waals surface area contributed by atoms with Gasteiger partial charge in [0, 0.05) is 5.39 Å². The van der Waals surface area contributed by atoms with Crippen LogP contribution in [0.2, 0.25) is 0 Å². The molecule has 0 N–H and O–H groups in total. The zero-order valence-corrected chi connectivity index (χ0v) is 10.8. The van der Waals surface area contributed by atoms with Crippen molar-refractivity contribution in [3.63, 3.8) is 0 Å². The molecule has 100 valence electrons. The number of benzene rings is 2. The van der Waals surface area contributed by atoms with Crippen LogP contribution in [0.1, 0.15) is 0 Å². The molecule has 0 amide bonds. The van der Waals surface area contributed by atoms with E-state index in [-0.39, 0.29) is 11.4 Å². The Bertz CT molecular complexity index is 638. The van der Waals surface area contributed by atoms with E-state index in [9.17, 15) is 10.1 Å². The van der Waals surface area contributed by atoms with Crippen molar-refractivity contribution in [2.24, 2.45) is 0 Å². The lowest BCUT2D eigenvalue weighted by Crippen LogP contribution is -1.98. The Morgan fingerprint density at radius 3 is 2.26 bits per heavy atom. The highest BCUT2D eigenvalue weighted by Gasteiger charge is 2.23. The first-order valence-corrected chi connectivity index (χ1v) is 5.50. The SMILES string of the molecule is COc1cc([N+](=O)[O-])c(OC)c2c(OC)cccc12. The monoisotopic (exact) mass is 263 g/mol. The van der Waals surface area contributed by atoms with E-state index in [0.717, 1.165) is 0 Å². The third-order valence-electron chi connectivity index (χ3n) is 2.86. The second kappa shape index (κ2) is 5.01. The lowest BCUT2D eigenvalue weighted by molar-refractivity contribution is -0.385. The van der Waals surface area contributed by atoms with Gasteiger partial charge < -0.3 is 14.2 Å². The quantitative estimate of drug-likeness (QED) is 0.626. The van der Waals surface area contributed by atoms with Crippen LogP contribution in [0, 0.1) is 10.1 Å². The Balaban J connectivity index is 2.97. The van der Waals surface area contributed by atoms with Crippen molar-refractivity contribution in [3.05, 3.63) is 34.4 Å². The Morgan fingerprint density at radius 2 is 1.74 bits per heavy atom. The number of hydrogen-bond donors (Lipinski definition) is 0. The maximum Gasteiger partial charge on any atom is 0.315 e. The van der Waals surface area contributed by atoms with E-state index in [1.54, 1.807) is 18.2 Å². The van der Waals surface area contributed by atoms with E-state index >= 15 is 0 Å². The summed E-state index contributed by atoms with van der Waals surface area (Å²) in [7, 11) is 4.35. The molecule has 0 spiro atoms. The molecule has 2 aromatic carbocycles. The number of nitrogens with zero attached hydrogens (tertiary/aromatic N) is 1. The van der Waals surface area contributed by atoms with Gasteiger partial charge in [0.05, 0.1) is 37.7 Å². The van der Waals surface area contributed by atoms with Crippen LogP contribution in [0.15, 0.2) is 24.3 Å². The Labute approximate surface area is 109 Å². The van der Waals surface area contributed by atoms with Crippen LogP contribution in [0.25, 0.3) is 10.8 Å². The second-order valence-corrected chi connectivity index (χ2v) is 3.77. The summed E-state index contributed by atoms with van der Waals surface area (Å²) in [6, 6.07) is 6.65. The number of hydrogen-bond acceptors (Lipinski definition) is 5. The molecule has 2 rings (SSSR count). The van der Waals surface area contributed by atoms with E-state index < -0.39 is 4.92 Å². The molecule has 0 saturated heterocycles. The van der Waals surface area contributed by atoms with Crippen molar-refractivity contribution in [2.75, 3.05) is 21.3 Å². The topological polar surface area (TPSA) is 70.8 Å². The summed E-state index contributed by atoms with van der Waals surface area (Å²) in [5, 5.41) is 12.3. The van der Waals surface area contributed by atoms with Crippen molar-refractivity contribution < 1.29 is 19.1 Å². The minimum Gasteiger partial charge on any atom is -0.496 e. The van der Waals surface area contributed by atoms with Crippen LogP contribution in [0.5, 0.6) is 17.2 Å². The number of rotatable bonds is 4. The van der Waals surface area contributed by atoms with Crippen molar-refractivity contribution in [1.29, 1.82) is 0 Å². The third-order valence-corrected chi connectivity index (χ3v) is 2.86. The molecule has 2 aromatic rings. The molecule has 0 heterocycles. The first kappa shape index (κ1) is 12.9. The smallest absolute Gasteiger partial charge is 0.315 e. The molecule has 0 radical (unpaired) electrons. The minimum absolute atomic E-state index is 0.156. The standard InChI is InChI=1S/C13H13NO5/c1-17-10-6-4-5-8-11(18-2)7-9(14(15)16)13(19-3)12(8)10/h4-7H,1-3H3. The zero-order chi connectivity index (χ0) is 14.0. The van der Waals surface area contributed by atoms with Gasteiger partial charge in [0.1, 0.15) is 11.5 Å². The van der Waals surface area contributed by atoms with Gasteiger partial charge >= 0.3 is 5.69 Å². The van der Waals surface area contributed by atoms with Gasteiger partial charge in [-0.2, -0.15) is 0 Å². The highest BCUT2D eigenvalue weighted by molar-refractivity contribution is 6.00. The first-order valence-electron chi connectivity index (χ1n) is 5.50. The average molecular weight is 263 g/mol. The van der Waals surface area contributed by atoms with Crippen LogP contribution in [0.3, 0.4) is 0 Å². The molecule has 0 fully saturated rings. The van der Waals surface area contributed by atoms with Gasteiger partial charge in [0.25, 0.3) is 0 Å². The van der Waals surface area contributed by atoms with Crippen LogP contribution >= 0.6 is 0 Å². The molecular formula is C13H13NO5. The van der Waals surface area contributed by atoms with Crippen LogP contribution in [-0.2, 0) is 0 Å². The maximum atomic E-state index is 11.1. The molecule has 0 aliphatic heterocycles. The summed E-state index contributed by atoms with van der Waals surface area (Å²) in [6.45, 7) is 0. The van der Waals surface area contributed by atoms with Crippen molar-refractivity contribution in [2.45, 2.75) is 0 Å². The summed E-state index contributed by atoms with van der Waals surface area (Å²) in [5.41, 5.74) is -0.156. The van der Waals surface area contributed by atoms with Crippen molar-refractivity contribution >= 4 is 16.5 Å². The predicted octanol–water partition coefficient (Wildman–Crippen LogP) is 2.77. The third kappa shape index (κ3) is 2.01. The fourth-order valence-corrected chi connectivity index (χ4v) is 2.05. The summed E-state index contributed by atoms with van der Waals surface area (Å²) < 4.78 is 15.6. The largest absolute Gasteiger partial charge is 0.496 e. The lowest BCUT2D eigenvalue weighted by atomic mass is 10.1. The summed E-state index contributed by atoms with van der Waals surface area (Å²) in [6.07, 6.45) is 0. The number of fused-ring (bicyclic) bond motifs is 1. The molecule has 0 bridgehead atoms. The van der Waals surface area contributed by atoms with Gasteiger partial charge in [0.2, 0.25) is 5.75 Å². The Kier molecular flexibility index (Phi) is 3.41. The number of nitro groups is 1. The van der Waals surface area contributed by atoms with Gasteiger partial charge in [-0.3, -0.25) is 10.1 Å². The first-order chi connectivity index (χ1) is 9.13. The summed E-state index contributed by atoms with van der Waals surface area (Å²) in [4.78, 5) is 10.6. The normalized spacial score (nSPS) is 10.3. The van der Waals surface area contributed by atoms with Crippen LogP contribution in [0.4, 0.5) is 5.69 Å². The minimum atomic E-state index is -0.507. The van der Waals surface area contributed by atoms with E-state index in [1.807, 2.05) is 0 Å². The Morgan fingerprint density at radius 1 is 1.05 bits per heavy atom. The maximum absolute atomic E-state index is 11.1. The van der Waals surface area contributed by atoms with E-state index in [2.05, 4.69) is 0 Å². The van der Waals surface area contributed by atoms with Gasteiger partial charge in [-0.1, -0.05) is 12.1 Å². The number of ether oxygens (including phenoxy) is 3. The molecule has 0 saturated carbocycles. The van der Waals surface area contributed by atoms with Gasteiger partial charge in [-0.25, -0.2) is 0 Å². The molecule has 0 aliphatic carbocycles. The molecular weight excluding hydrogens is 250 g/mol. The molecule has 0 aromatic heterocycles. The summed E-state index contributed by atoms with van der Waals surface area (Å²) >= 11 is 0. The van der Waals surface area contributed by atoms with Gasteiger partial charge in [0.15, 0.2) is 0 Å². The van der Waals surface area contributed by atoms with Crippen LogP contribution < -0.4 is 14.2 Å².